The first-order chi connectivity index (χ1) is 11.5. The maximum Gasteiger partial charge on any atom is 0.254 e. The van der Waals surface area contributed by atoms with Gasteiger partial charge in [-0.3, -0.25) is 4.79 Å². The molecule has 1 aliphatic heterocycles. The minimum Gasteiger partial charge on any atom is -0.340 e. The summed E-state index contributed by atoms with van der Waals surface area (Å²) in [6.07, 6.45) is 3.85. The number of amides is 1. The Labute approximate surface area is 151 Å². The van der Waals surface area contributed by atoms with Crippen LogP contribution in [-0.2, 0) is 0 Å². The Bertz CT molecular complexity index is 739. The Kier molecular flexibility index (Phi) is 5.19. The fraction of sp³-hybridized carbons (Fsp3) is 0.368. The number of carbonyl (C=O) groups is 1. The van der Waals surface area contributed by atoms with E-state index >= 15 is 0 Å². The van der Waals surface area contributed by atoms with E-state index in [1.165, 1.54) is 5.56 Å². The second kappa shape index (κ2) is 7.34. The molecule has 1 saturated heterocycles. The first-order valence-corrected chi connectivity index (χ1v) is 9.11. The van der Waals surface area contributed by atoms with E-state index in [1.54, 1.807) is 12.3 Å². The number of hydrogen-bond acceptors (Lipinski definition) is 3. The minimum atomic E-state index is 0.0948. The Morgan fingerprint density at radius 3 is 2.71 bits per heavy atom. The van der Waals surface area contributed by atoms with Gasteiger partial charge < -0.3 is 10.2 Å². The largest absolute Gasteiger partial charge is 0.340 e. The van der Waals surface area contributed by atoms with Crippen molar-refractivity contribution in [2.75, 3.05) is 18.4 Å². The van der Waals surface area contributed by atoms with Gasteiger partial charge in [0.25, 0.3) is 5.91 Å². The molecule has 0 aliphatic carbocycles. The predicted octanol–water partition coefficient (Wildman–Crippen LogP) is 4.77. The molecule has 1 aromatic carbocycles. The maximum atomic E-state index is 12.7. The number of rotatable bonds is 3. The van der Waals surface area contributed by atoms with Crippen molar-refractivity contribution in [1.82, 2.24) is 9.88 Å². The highest BCUT2D eigenvalue weighted by Crippen LogP contribution is 2.24. The van der Waals surface area contributed by atoms with Gasteiger partial charge >= 0.3 is 0 Å². The van der Waals surface area contributed by atoms with Crippen LogP contribution in [-0.4, -0.2) is 28.9 Å². The molecule has 2 aromatic rings. The molecule has 1 amide bonds. The van der Waals surface area contributed by atoms with Gasteiger partial charge in [-0.25, -0.2) is 4.98 Å². The molecule has 1 N–H and O–H groups in total. The molecule has 1 aliphatic rings. The van der Waals surface area contributed by atoms with Crippen molar-refractivity contribution in [3.8, 4) is 0 Å². The summed E-state index contributed by atoms with van der Waals surface area (Å²) in [6, 6.07) is 9.67. The summed E-state index contributed by atoms with van der Waals surface area (Å²) in [5, 5.41) is 3.27. The maximum absolute atomic E-state index is 12.7. The summed E-state index contributed by atoms with van der Waals surface area (Å²) in [4.78, 5) is 18.9. The monoisotopic (exact) mass is 387 g/mol. The van der Waals surface area contributed by atoms with Crippen LogP contribution in [0.25, 0.3) is 0 Å². The van der Waals surface area contributed by atoms with E-state index in [4.69, 9.17) is 0 Å². The van der Waals surface area contributed by atoms with Crippen LogP contribution in [0.1, 0.15) is 35.7 Å². The number of nitrogens with one attached hydrogen (secondary N) is 1. The Morgan fingerprint density at radius 2 is 2.00 bits per heavy atom. The number of benzene rings is 1. The van der Waals surface area contributed by atoms with Gasteiger partial charge in [-0.2, -0.15) is 0 Å². The van der Waals surface area contributed by atoms with Crippen molar-refractivity contribution in [2.45, 2.75) is 26.7 Å². The number of carbonyl (C=O) groups excluding carboxylic acids is 1. The molecule has 0 radical (unpaired) electrons. The van der Waals surface area contributed by atoms with E-state index in [0.29, 0.717) is 17.3 Å². The molecule has 3 rings (SSSR count). The molecule has 0 saturated carbocycles. The highest BCUT2D eigenvalue weighted by molar-refractivity contribution is 9.10. The molecular weight excluding hydrogens is 366 g/mol. The van der Waals surface area contributed by atoms with Gasteiger partial charge in [-0.1, -0.05) is 28.9 Å². The number of aromatic nitrogens is 1. The molecule has 1 fully saturated rings. The molecule has 0 atom stereocenters. The standard InChI is InChI=1S/C19H22BrN3O/c1-13-6-9-23(10-7-13)19(24)15-5-8-21-18(11-15)22-16-4-3-14(2)17(20)12-16/h3-5,8,11-13H,6-7,9-10H2,1-2H3,(H,21,22). The third kappa shape index (κ3) is 3.96. The van der Waals surface area contributed by atoms with Gasteiger partial charge in [-0.05, 0) is 55.5 Å². The number of hydrogen-bond donors (Lipinski definition) is 1. The SMILES string of the molecule is Cc1ccc(Nc2cc(C(=O)N3CCC(C)CC3)ccn2)cc1Br. The zero-order valence-corrected chi connectivity index (χ0v) is 15.6. The van der Waals surface area contributed by atoms with Crippen LogP contribution in [0.4, 0.5) is 11.5 Å². The van der Waals surface area contributed by atoms with E-state index in [-0.39, 0.29) is 5.91 Å². The molecule has 4 nitrogen and oxygen atoms in total. The van der Waals surface area contributed by atoms with E-state index in [2.05, 4.69) is 33.2 Å². The van der Waals surface area contributed by atoms with Crippen LogP contribution < -0.4 is 5.32 Å². The smallest absolute Gasteiger partial charge is 0.254 e. The van der Waals surface area contributed by atoms with Crippen molar-refractivity contribution < 1.29 is 4.79 Å². The fourth-order valence-electron chi connectivity index (χ4n) is 2.84. The molecule has 24 heavy (non-hydrogen) atoms. The lowest BCUT2D eigenvalue weighted by Crippen LogP contribution is -2.37. The zero-order valence-electron chi connectivity index (χ0n) is 14.1. The van der Waals surface area contributed by atoms with Crippen LogP contribution in [0, 0.1) is 12.8 Å². The summed E-state index contributed by atoms with van der Waals surface area (Å²) < 4.78 is 1.04. The summed E-state index contributed by atoms with van der Waals surface area (Å²) in [7, 11) is 0. The molecule has 0 unspecified atom stereocenters. The second-order valence-electron chi connectivity index (χ2n) is 6.49. The predicted molar refractivity (Wildman–Crippen MR) is 101 cm³/mol. The van der Waals surface area contributed by atoms with Crippen molar-refractivity contribution in [3.63, 3.8) is 0 Å². The van der Waals surface area contributed by atoms with E-state index < -0.39 is 0 Å². The topological polar surface area (TPSA) is 45.2 Å². The first-order valence-electron chi connectivity index (χ1n) is 8.31. The molecule has 0 spiro atoms. The Hall–Kier alpha value is -1.88. The zero-order chi connectivity index (χ0) is 17.1. The van der Waals surface area contributed by atoms with Crippen molar-refractivity contribution >= 4 is 33.3 Å². The van der Waals surface area contributed by atoms with Crippen LogP contribution in [0.3, 0.4) is 0 Å². The van der Waals surface area contributed by atoms with E-state index in [1.807, 2.05) is 36.1 Å². The normalized spacial score (nSPS) is 15.4. The van der Waals surface area contributed by atoms with Crippen LogP contribution in [0.5, 0.6) is 0 Å². The quantitative estimate of drug-likeness (QED) is 0.824. The first kappa shape index (κ1) is 17.0. The lowest BCUT2D eigenvalue weighted by atomic mass is 9.99. The number of likely N-dealkylation sites (tertiary alicyclic amines) is 1. The number of aryl methyl sites for hydroxylation is 1. The number of anilines is 2. The molecule has 2 heterocycles. The van der Waals surface area contributed by atoms with E-state index in [9.17, 15) is 4.79 Å². The van der Waals surface area contributed by atoms with E-state index in [0.717, 1.165) is 36.1 Å². The number of halogens is 1. The van der Waals surface area contributed by atoms with Crippen LogP contribution in [0.15, 0.2) is 41.0 Å². The Balaban J connectivity index is 1.73. The van der Waals surface area contributed by atoms with Gasteiger partial charge in [0.15, 0.2) is 0 Å². The summed E-state index contributed by atoms with van der Waals surface area (Å²) >= 11 is 3.53. The summed E-state index contributed by atoms with van der Waals surface area (Å²) in [6.45, 7) is 5.98. The molecule has 126 valence electrons. The van der Waals surface area contributed by atoms with Crippen LogP contribution in [0.2, 0.25) is 0 Å². The summed E-state index contributed by atoms with van der Waals surface area (Å²) in [5.74, 6) is 1.49. The highest BCUT2D eigenvalue weighted by atomic mass is 79.9. The second-order valence-corrected chi connectivity index (χ2v) is 7.35. The molecule has 0 bridgehead atoms. The van der Waals surface area contributed by atoms with Crippen LogP contribution >= 0.6 is 15.9 Å². The Morgan fingerprint density at radius 1 is 1.25 bits per heavy atom. The summed E-state index contributed by atoms with van der Waals surface area (Å²) in [5.41, 5.74) is 2.81. The average Bonchev–Trinajstić information content (AvgIpc) is 2.58. The number of nitrogens with zero attached hydrogens (tertiary/aromatic N) is 2. The van der Waals surface area contributed by atoms with Gasteiger partial charge in [0.1, 0.15) is 5.82 Å². The molecular formula is C19H22BrN3O. The van der Waals surface area contributed by atoms with Crippen molar-refractivity contribution in [2.24, 2.45) is 5.92 Å². The van der Waals surface area contributed by atoms with Crippen molar-refractivity contribution in [1.29, 1.82) is 0 Å². The van der Waals surface area contributed by atoms with Gasteiger partial charge in [0, 0.05) is 35.0 Å². The lowest BCUT2D eigenvalue weighted by Gasteiger charge is -2.30. The molecule has 1 aromatic heterocycles. The van der Waals surface area contributed by atoms with Gasteiger partial charge in [-0.15, -0.1) is 0 Å². The number of pyridine rings is 1. The van der Waals surface area contributed by atoms with Gasteiger partial charge in [0.2, 0.25) is 0 Å². The average molecular weight is 388 g/mol. The number of piperidine rings is 1. The third-order valence-electron chi connectivity index (χ3n) is 4.52. The van der Waals surface area contributed by atoms with Gasteiger partial charge in [0.05, 0.1) is 0 Å². The third-order valence-corrected chi connectivity index (χ3v) is 5.38. The van der Waals surface area contributed by atoms with Crippen molar-refractivity contribution in [3.05, 3.63) is 52.1 Å². The highest BCUT2D eigenvalue weighted by Gasteiger charge is 2.21. The lowest BCUT2D eigenvalue weighted by molar-refractivity contribution is 0.0697. The minimum absolute atomic E-state index is 0.0948. The molecule has 5 heteroatoms. The fourth-order valence-corrected chi connectivity index (χ4v) is 3.22.